The average Bonchev–Trinajstić information content (AvgIpc) is 2.98. The van der Waals surface area contributed by atoms with Crippen molar-refractivity contribution in [2.24, 2.45) is 5.73 Å². The Kier molecular flexibility index (Phi) is 4.16. The number of aryl methyl sites for hydroxylation is 1. The fourth-order valence-corrected chi connectivity index (χ4v) is 2.76. The lowest BCUT2D eigenvalue weighted by molar-refractivity contribution is -0.120. The number of primary amides is 1. The zero-order valence-electron chi connectivity index (χ0n) is 13.5. The van der Waals surface area contributed by atoms with Gasteiger partial charge in [0.1, 0.15) is 11.9 Å². The predicted molar refractivity (Wildman–Crippen MR) is 91.7 cm³/mol. The van der Waals surface area contributed by atoms with E-state index in [-0.39, 0.29) is 5.82 Å². The molecule has 0 aliphatic rings. The van der Waals surface area contributed by atoms with Crippen molar-refractivity contribution in [2.75, 3.05) is 0 Å². The number of carbonyl (C=O) groups excluding carboxylic acids is 1. The lowest BCUT2D eigenvalue weighted by Gasteiger charge is -2.15. The van der Waals surface area contributed by atoms with Gasteiger partial charge in [0.25, 0.3) is 0 Å². The maximum Gasteiger partial charge on any atom is 0.240 e. The largest absolute Gasteiger partial charge is 0.368 e. The van der Waals surface area contributed by atoms with Crippen molar-refractivity contribution in [3.8, 4) is 22.5 Å². The minimum Gasteiger partial charge on any atom is -0.368 e. The third kappa shape index (κ3) is 2.93. The molecular formula is C19H18FN3O. The van der Waals surface area contributed by atoms with E-state index in [1.807, 2.05) is 43.3 Å². The molecule has 0 aliphatic carbocycles. The first-order chi connectivity index (χ1) is 11.5. The van der Waals surface area contributed by atoms with Crippen molar-refractivity contribution in [1.82, 2.24) is 9.55 Å². The van der Waals surface area contributed by atoms with Gasteiger partial charge in [0.15, 0.2) is 0 Å². The lowest BCUT2D eigenvalue weighted by atomic mass is 10.0. The van der Waals surface area contributed by atoms with Gasteiger partial charge in [0, 0.05) is 11.1 Å². The summed E-state index contributed by atoms with van der Waals surface area (Å²) >= 11 is 0. The maximum absolute atomic E-state index is 13.9. The molecule has 5 heteroatoms. The molecule has 3 aromatic rings. The van der Waals surface area contributed by atoms with Crippen LogP contribution >= 0.6 is 0 Å². The molecule has 0 spiro atoms. The van der Waals surface area contributed by atoms with Crippen molar-refractivity contribution in [2.45, 2.75) is 19.9 Å². The van der Waals surface area contributed by atoms with Gasteiger partial charge in [0.2, 0.25) is 5.91 Å². The first-order valence-corrected chi connectivity index (χ1v) is 7.66. The number of benzene rings is 2. The highest BCUT2D eigenvalue weighted by Crippen LogP contribution is 2.34. The molecule has 0 bridgehead atoms. The lowest BCUT2D eigenvalue weighted by Crippen LogP contribution is -2.24. The van der Waals surface area contributed by atoms with E-state index in [0.717, 1.165) is 11.1 Å². The molecule has 0 saturated carbocycles. The molecule has 2 aromatic carbocycles. The zero-order chi connectivity index (χ0) is 17.3. The first kappa shape index (κ1) is 15.9. The number of hydrogen-bond donors (Lipinski definition) is 1. The number of rotatable bonds is 4. The van der Waals surface area contributed by atoms with Crippen LogP contribution in [0, 0.1) is 12.7 Å². The monoisotopic (exact) mass is 323 g/mol. The summed E-state index contributed by atoms with van der Waals surface area (Å²) in [5.41, 5.74) is 9.18. The van der Waals surface area contributed by atoms with E-state index in [9.17, 15) is 9.18 Å². The van der Waals surface area contributed by atoms with Crippen LogP contribution in [0.3, 0.4) is 0 Å². The second kappa shape index (κ2) is 6.28. The van der Waals surface area contributed by atoms with Crippen LogP contribution in [0.4, 0.5) is 4.39 Å². The van der Waals surface area contributed by atoms with Crippen LogP contribution in [0.1, 0.15) is 18.5 Å². The number of carbonyl (C=O) groups is 1. The quantitative estimate of drug-likeness (QED) is 0.795. The van der Waals surface area contributed by atoms with Gasteiger partial charge in [-0.15, -0.1) is 0 Å². The molecule has 122 valence electrons. The smallest absolute Gasteiger partial charge is 0.240 e. The minimum atomic E-state index is -0.589. The fourth-order valence-electron chi connectivity index (χ4n) is 2.76. The van der Waals surface area contributed by atoms with Gasteiger partial charge in [-0.1, -0.05) is 30.3 Å². The average molecular weight is 323 g/mol. The summed E-state index contributed by atoms with van der Waals surface area (Å²) in [6.45, 7) is 3.53. The third-order valence-electron chi connectivity index (χ3n) is 3.99. The molecule has 1 atom stereocenters. The summed E-state index contributed by atoms with van der Waals surface area (Å²) in [4.78, 5) is 16.1. The van der Waals surface area contributed by atoms with E-state index in [4.69, 9.17) is 5.73 Å². The summed E-state index contributed by atoms with van der Waals surface area (Å²) in [6, 6.07) is 13.8. The van der Waals surface area contributed by atoms with E-state index >= 15 is 0 Å². The van der Waals surface area contributed by atoms with Crippen LogP contribution in [-0.4, -0.2) is 15.5 Å². The molecule has 3 rings (SSSR count). The van der Waals surface area contributed by atoms with Crippen molar-refractivity contribution in [1.29, 1.82) is 0 Å². The van der Waals surface area contributed by atoms with Crippen molar-refractivity contribution >= 4 is 5.91 Å². The second-order valence-electron chi connectivity index (χ2n) is 5.81. The molecule has 0 unspecified atom stereocenters. The molecule has 2 N–H and O–H groups in total. The van der Waals surface area contributed by atoms with Crippen molar-refractivity contribution in [3.05, 3.63) is 66.2 Å². The van der Waals surface area contributed by atoms with E-state index < -0.39 is 11.9 Å². The van der Waals surface area contributed by atoms with Gasteiger partial charge in [-0.25, -0.2) is 9.37 Å². The SMILES string of the molecule is Cc1cc(F)cc(-c2c(-c3ccccc3)ncn2[C@H](C)C(N)=O)c1. The van der Waals surface area contributed by atoms with Crippen molar-refractivity contribution in [3.63, 3.8) is 0 Å². The molecule has 0 aliphatic heterocycles. The Morgan fingerprint density at radius 1 is 1.17 bits per heavy atom. The summed E-state index contributed by atoms with van der Waals surface area (Å²) < 4.78 is 15.6. The molecule has 4 nitrogen and oxygen atoms in total. The highest BCUT2D eigenvalue weighted by Gasteiger charge is 2.21. The van der Waals surface area contributed by atoms with Gasteiger partial charge in [0.05, 0.1) is 17.7 Å². The molecule has 0 radical (unpaired) electrons. The van der Waals surface area contributed by atoms with Crippen LogP contribution in [0.2, 0.25) is 0 Å². The molecular weight excluding hydrogens is 305 g/mol. The number of halogens is 1. The summed E-state index contributed by atoms with van der Waals surface area (Å²) in [6.07, 6.45) is 1.58. The zero-order valence-corrected chi connectivity index (χ0v) is 13.5. The highest BCUT2D eigenvalue weighted by molar-refractivity contribution is 5.83. The maximum atomic E-state index is 13.9. The number of imidazole rings is 1. The van der Waals surface area contributed by atoms with Crippen LogP contribution in [-0.2, 0) is 4.79 Å². The Balaban J connectivity index is 2.27. The normalized spacial score (nSPS) is 12.1. The Morgan fingerprint density at radius 2 is 1.88 bits per heavy atom. The third-order valence-corrected chi connectivity index (χ3v) is 3.99. The number of amides is 1. The van der Waals surface area contributed by atoms with Crippen LogP contribution in [0.25, 0.3) is 22.5 Å². The molecule has 1 heterocycles. The van der Waals surface area contributed by atoms with E-state index in [2.05, 4.69) is 4.98 Å². The Bertz CT molecular complexity index is 867. The molecule has 1 aromatic heterocycles. The number of nitrogens with zero attached hydrogens (tertiary/aromatic N) is 2. The molecule has 24 heavy (non-hydrogen) atoms. The first-order valence-electron chi connectivity index (χ1n) is 7.66. The Labute approximate surface area is 139 Å². The molecule has 0 fully saturated rings. The number of hydrogen-bond acceptors (Lipinski definition) is 2. The van der Waals surface area contributed by atoms with Gasteiger partial charge in [-0.3, -0.25) is 4.79 Å². The Hall–Kier alpha value is -2.95. The second-order valence-corrected chi connectivity index (χ2v) is 5.81. The highest BCUT2D eigenvalue weighted by atomic mass is 19.1. The number of aromatic nitrogens is 2. The predicted octanol–water partition coefficient (Wildman–Crippen LogP) is 3.71. The topological polar surface area (TPSA) is 60.9 Å². The van der Waals surface area contributed by atoms with Crippen molar-refractivity contribution < 1.29 is 9.18 Å². The summed E-state index contributed by atoms with van der Waals surface area (Å²) in [5.74, 6) is -0.801. The summed E-state index contributed by atoms with van der Waals surface area (Å²) in [7, 11) is 0. The van der Waals surface area contributed by atoms with E-state index in [1.165, 1.54) is 12.1 Å². The number of nitrogens with two attached hydrogens (primary N) is 1. The van der Waals surface area contributed by atoms with E-state index in [1.54, 1.807) is 17.8 Å². The van der Waals surface area contributed by atoms with Gasteiger partial charge < -0.3 is 10.3 Å². The van der Waals surface area contributed by atoms with Crippen LogP contribution < -0.4 is 5.73 Å². The fraction of sp³-hybridized carbons (Fsp3) is 0.158. The standard InChI is InChI=1S/C19H18FN3O/c1-12-8-15(10-16(20)9-12)18-17(14-6-4-3-5-7-14)22-11-23(18)13(2)19(21)24/h3-11,13H,1-2H3,(H2,21,24)/t13-/m1/s1. The van der Waals surface area contributed by atoms with Gasteiger partial charge in [-0.05, 0) is 37.6 Å². The molecule has 0 saturated heterocycles. The Morgan fingerprint density at radius 3 is 2.50 bits per heavy atom. The van der Waals surface area contributed by atoms with Crippen LogP contribution in [0.5, 0.6) is 0 Å². The van der Waals surface area contributed by atoms with Crippen LogP contribution in [0.15, 0.2) is 54.9 Å². The van der Waals surface area contributed by atoms with Gasteiger partial charge in [-0.2, -0.15) is 0 Å². The summed E-state index contributed by atoms with van der Waals surface area (Å²) in [5, 5.41) is 0. The minimum absolute atomic E-state index is 0.330. The molecule has 1 amide bonds. The van der Waals surface area contributed by atoms with Gasteiger partial charge >= 0.3 is 0 Å². The van der Waals surface area contributed by atoms with E-state index in [0.29, 0.717) is 17.0 Å².